The van der Waals surface area contributed by atoms with Crippen LogP contribution in [0.4, 0.5) is 4.79 Å². The fourth-order valence-electron chi connectivity index (χ4n) is 1.45. The molecule has 0 aliphatic carbocycles. The van der Waals surface area contributed by atoms with E-state index in [1.807, 2.05) is 13.8 Å². The van der Waals surface area contributed by atoms with Gasteiger partial charge in [-0.05, 0) is 27.7 Å². The lowest BCUT2D eigenvalue weighted by Crippen LogP contribution is -2.50. The predicted molar refractivity (Wildman–Crippen MR) is 72.6 cm³/mol. The quantitative estimate of drug-likeness (QED) is 0.592. The van der Waals surface area contributed by atoms with E-state index in [9.17, 15) is 14.4 Å². The van der Waals surface area contributed by atoms with E-state index in [0.717, 1.165) is 0 Å². The van der Waals surface area contributed by atoms with Crippen molar-refractivity contribution in [2.24, 2.45) is 0 Å². The molecule has 0 saturated heterocycles. The summed E-state index contributed by atoms with van der Waals surface area (Å²) in [5.74, 6) is -0.527. The van der Waals surface area contributed by atoms with Gasteiger partial charge >= 0.3 is 6.03 Å². The Bertz CT molecular complexity index is 316. The van der Waals surface area contributed by atoms with Crippen molar-refractivity contribution in [3.8, 4) is 0 Å². The number of carbonyl (C=O) groups excluding carboxylic acids is 3. The van der Waals surface area contributed by atoms with Crippen LogP contribution in [0.1, 0.15) is 27.7 Å². The van der Waals surface area contributed by atoms with Gasteiger partial charge in [-0.2, -0.15) is 0 Å². The van der Waals surface area contributed by atoms with Crippen molar-refractivity contribution in [2.75, 3.05) is 26.2 Å². The molecule has 4 amide bonds. The van der Waals surface area contributed by atoms with Crippen molar-refractivity contribution >= 4 is 17.8 Å². The third-order valence-electron chi connectivity index (χ3n) is 2.64. The molecular formula is C12H24N4O3. The van der Waals surface area contributed by atoms with E-state index < -0.39 is 18.0 Å². The summed E-state index contributed by atoms with van der Waals surface area (Å²) in [6.45, 7) is 8.94. The van der Waals surface area contributed by atoms with Gasteiger partial charge in [0.25, 0.3) is 0 Å². The minimum Gasteiger partial charge on any atom is -0.342 e. The summed E-state index contributed by atoms with van der Waals surface area (Å²) in [4.78, 5) is 36.1. The number of amides is 4. The summed E-state index contributed by atoms with van der Waals surface area (Å²) in [5, 5.41) is 7.44. The van der Waals surface area contributed by atoms with Crippen LogP contribution < -0.4 is 16.0 Å². The Kier molecular flexibility index (Phi) is 8.52. The van der Waals surface area contributed by atoms with Crippen LogP contribution in [0, 0.1) is 0 Å². The highest BCUT2D eigenvalue weighted by Crippen LogP contribution is 1.89. The molecule has 110 valence electrons. The third kappa shape index (κ3) is 6.76. The highest BCUT2D eigenvalue weighted by atomic mass is 16.2. The molecule has 0 heterocycles. The fraction of sp³-hybridized carbons (Fsp3) is 0.750. The number of nitrogens with one attached hydrogen (secondary N) is 3. The van der Waals surface area contributed by atoms with Crippen LogP contribution in [-0.2, 0) is 9.59 Å². The first-order valence-corrected chi connectivity index (χ1v) is 6.56. The van der Waals surface area contributed by atoms with E-state index in [2.05, 4.69) is 16.0 Å². The lowest BCUT2D eigenvalue weighted by Gasteiger charge is -2.20. The summed E-state index contributed by atoms with van der Waals surface area (Å²) in [7, 11) is 0. The number of carbonyl (C=O) groups is 3. The van der Waals surface area contributed by atoms with Crippen molar-refractivity contribution in [3.05, 3.63) is 0 Å². The molecule has 0 aromatic heterocycles. The number of urea groups is 1. The van der Waals surface area contributed by atoms with Crippen LogP contribution in [-0.4, -0.2) is 55.0 Å². The van der Waals surface area contributed by atoms with Crippen molar-refractivity contribution in [1.29, 1.82) is 0 Å². The molecule has 0 bridgehead atoms. The SMILES string of the molecule is CCNC(=O)NC(=O)C(C)NCC(=O)N(CC)CC. The van der Waals surface area contributed by atoms with Crippen LogP contribution in [0.5, 0.6) is 0 Å². The van der Waals surface area contributed by atoms with Gasteiger partial charge in [-0.25, -0.2) is 4.79 Å². The molecule has 0 aromatic rings. The fourth-order valence-corrected chi connectivity index (χ4v) is 1.45. The molecule has 3 N–H and O–H groups in total. The number of hydrogen-bond donors (Lipinski definition) is 3. The van der Waals surface area contributed by atoms with Crippen molar-refractivity contribution in [1.82, 2.24) is 20.9 Å². The van der Waals surface area contributed by atoms with Gasteiger partial charge in [0.05, 0.1) is 12.6 Å². The number of likely N-dealkylation sites (N-methyl/N-ethyl adjacent to an activating group) is 1. The Balaban J connectivity index is 4.09. The summed E-state index contributed by atoms with van der Waals surface area (Å²) in [5.41, 5.74) is 0. The normalized spacial score (nSPS) is 11.6. The minimum absolute atomic E-state index is 0.0670. The number of nitrogens with zero attached hydrogens (tertiary/aromatic N) is 1. The molecule has 0 aliphatic rings. The van der Waals surface area contributed by atoms with Gasteiger partial charge in [0.1, 0.15) is 0 Å². The molecule has 0 radical (unpaired) electrons. The predicted octanol–water partition coefficient (Wildman–Crippen LogP) is -0.321. The summed E-state index contributed by atoms with van der Waals surface area (Å²) in [6, 6.07) is -1.14. The van der Waals surface area contributed by atoms with Gasteiger partial charge in [-0.3, -0.25) is 20.2 Å². The maximum atomic E-state index is 11.7. The van der Waals surface area contributed by atoms with Crippen LogP contribution >= 0.6 is 0 Å². The number of rotatable bonds is 7. The first kappa shape index (κ1) is 17.4. The van der Waals surface area contributed by atoms with E-state index in [-0.39, 0.29) is 12.5 Å². The molecule has 0 spiro atoms. The lowest BCUT2D eigenvalue weighted by molar-refractivity contribution is -0.130. The van der Waals surface area contributed by atoms with Crippen LogP contribution in [0.15, 0.2) is 0 Å². The van der Waals surface area contributed by atoms with E-state index >= 15 is 0 Å². The molecule has 1 unspecified atom stereocenters. The van der Waals surface area contributed by atoms with Crippen LogP contribution in [0.2, 0.25) is 0 Å². The molecule has 7 nitrogen and oxygen atoms in total. The Morgan fingerprint density at radius 2 is 1.68 bits per heavy atom. The maximum Gasteiger partial charge on any atom is 0.321 e. The standard InChI is InChI=1S/C12H24N4O3/c1-5-13-12(19)15-11(18)9(4)14-8-10(17)16(6-2)7-3/h9,14H,5-8H2,1-4H3,(H2,13,15,18,19). The summed E-state index contributed by atoms with van der Waals surface area (Å²) in [6.07, 6.45) is 0. The molecule has 7 heteroatoms. The van der Waals surface area contributed by atoms with Gasteiger partial charge < -0.3 is 10.2 Å². The van der Waals surface area contributed by atoms with E-state index in [4.69, 9.17) is 0 Å². The average Bonchev–Trinajstić information content (AvgIpc) is 2.37. The number of hydrogen-bond acceptors (Lipinski definition) is 4. The molecule has 0 fully saturated rings. The highest BCUT2D eigenvalue weighted by Gasteiger charge is 2.17. The number of imide groups is 1. The Morgan fingerprint density at radius 3 is 2.16 bits per heavy atom. The molecule has 1 atom stereocenters. The zero-order valence-electron chi connectivity index (χ0n) is 12.1. The maximum absolute atomic E-state index is 11.7. The first-order valence-electron chi connectivity index (χ1n) is 6.56. The van der Waals surface area contributed by atoms with Crippen molar-refractivity contribution < 1.29 is 14.4 Å². The highest BCUT2D eigenvalue weighted by molar-refractivity contribution is 5.97. The van der Waals surface area contributed by atoms with Crippen molar-refractivity contribution in [2.45, 2.75) is 33.7 Å². The van der Waals surface area contributed by atoms with Gasteiger partial charge in [0, 0.05) is 19.6 Å². The Labute approximate surface area is 114 Å². The van der Waals surface area contributed by atoms with Gasteiger partial charge in [-0.15, -0.1) is 0 Å². The lowest BCUT2D eigenvalue weighted by atomic mass is 10.3. The van der Waals surface area contributed by atoms with Crippen LogP contribution in [0.25, 0.3) is 0 Å². The summed E-state index contributed by atoms with van der Waals surface area (Å²) >= 11 is 0. The van der Waals surface area contributed by atoms with Crippen molar-refractivity contribution in [3.63, 3.8) is 0 Å². The molecule has 0 saturated carbocycles. The molecular weight excluding hydrogens is 248 g/mol. The molecule has 19 heavy (non-hydrogen) atoms. The monoisotopic (exact) mass is 272 g/mol. The zero-order valence-corrected chi connectivity index (χ0v) is 12.1. The second-order valence-corrected chi connectivity index (χ2v) is 4.02. The Hall–Kier alpha value is -1.63. The molecule has 0 rings (SSSR count). The summed E-state index contributed by atoms with van der Waals surface area (Å²) < 4.78 is 0. The molecule has 0 aliphatic heterocycles. The second kappa shape index (κ2) is 9.32. The zero-order chi connectivity index (χ0) is 14.8. The van der Waals surface area contributed by atoms with Gasteiger partial charge in [0.2, 0.25) is 11.8 Å². The average molecular weight is 272 g/mol. The van der Waals surface area contributed by atoms with Gasteiger partial charge in [-0.1, -0.05) is 0 Å². The second-order valence-electron chi connectivity index (χ2n) is 4.02. The first-order chi connectivity index (χ1) is 8.96. The van der Waals surface area contributed by atoms with Gasteiger partial charge in [0.15, 0.2) is 0 Å². The smallest absolute Gasteiger partial charge is 0.321 e. The topological polar surface area (TPSA) is 90.5 Å². The van der Waals surface area contributed by atoms with E-state index in [1.165, 1.54) is 0 Å². The molecule has 0 aromatic carbocycles. The van der Waals surface area contributed by atoms with E-state index in [0.29, 0.717) is 19.6 Å². The Morgan fingerprint density at radius 1 is 1.11 bits per heavy atom. The minimum atomic E-state index is -0.609. The van der Waals surface area contributed by atoms with E-state index in [1.54, 1.807) is 18.7 Å². The largest absolute Gasteiger partial charge is 0.342 e. The van der Waals surface area contributed by atoms with Crippen LogP contribution in [0.3, 0.4) is 0 Å². The third-order valence-corrected chi connectivity index (χ3v) is 2.64.